The third-order valence-electron chi connectivity index (χ3n) is 1.92. The van der Waals surface area contributed by atoms with E-state index in [9.17, 15) is 4.79 Å². The molecule has 0 aliphatic heterocycles. The van der Waals surface area contributed by atoms with Gasteiger partial charge in [-0.15, -0.1) is 0 Å². The Morgan fingerprint density at radius 3 is 2.71 bits per heavy atom. The Morgan fingerprint density at radius 2 is 2.14 bits per heavy atom. The van der Waals surface area contributed by atoms with E-state index < -0.39 is 0 Å². The Balaban J connectivity index is 2.94. The van der Waals surface area contributed by atoms with Gasteiger partial charge in [0.05, 0.1) is 19.3 Å². The minimum absolute atomic E-state index is 0.314. The number of carbonyl (C=O) groups is 1. The maximum absolute atomic E-state index is 11.3. The summed E-state index contributed by atoms with van der Waals surface area (Å²) in [7, 11) is 1.58. The summed E-state index contributed by atoms with van der Waals surface area (Å²) in [6, 6.07) is 5.26. The van der Waals surface area contributed by atoms with Gasteiger partial charge in [-0.25, -0.2) is 4.79 Å². The van der Waals surface area contributed by atoms with Gasteiger partial charge in [0.15, 0.2) is 0 Å². The van der Waals surface area contributed by atoms with Gasteiger partial charge in [-0.05, 0) is 31.5 Å². The van der Waals surface area contributed by atoms with Gasteiger partial charge < -0.3 is 9.47 Å². The number of esters is 1. The molecule has 0 unspecified atom stereocenters. The summed E-state index contributed by atoms with van der Waals surface area (Å²) < 4.78 is 9.98. The molecule has 1 aromatic carbocycles. The quantitative estimate of drug-likeness (QED) is 0.692. The molecular formula is C11H14O3. The highest BCUT2D eigenvalue weighted by molar-refractivity contribution is 5.90. The van der Waals surface area contributed by atoms with Crippen molar-refractivity contribution in [1.29, 1.82) is 0 Å². The van der Waals surface area contributed by atoms with Crippen LogP contribution in [0.1, 0.15) is 22.8 Å². The van der Waals surface area contributed by atoms with Crippen LogP contribution in [0.4, 0.5) is 0 Å². The van der Waals surface area contributed by atoms with Gasteiger partial charge in [0.2, 0.25) is 0 Å². The number of carbonyl (C=O) groups excluding carboxylic acids is 1. The summed E-state index contributed by atoms with van der Waals surface area (Å²) in [5.41, 5.74) is 1.52. The lowest BCUT2D eigenvalue weighted by Gasteiger charge is -2.06. The van der Waals surface area contributed by atoms with Crippen molar-refractivity contribution >= 4 is 5.97 Å². The van der Waals surface area contributed by atoms with E-state index in [4.69, 9.17) is 9.47 Å². The van der Waals surface area contributed by atoms with Crippen LogP contribution in [0.5, 0.6) is 5.75 Å². The van der Waals surface area contributed by atoms with Crippen LogP contribution < -0.4 is 4.74 Å². The molecule has 0 heterocycles. The summed E-state index contributed by atoms with van der Waals surface area (Å²) >= 11 is 0. The topological polar surface area (TPSA) is 35.5 Å². The zero-order valence-corrected chi connectivity index (χ0v) is 8.66. The fourth-order valence-corrected chi connectivity index (χ4v) is 1.16. The number of hydrogen-bond acceptors (Lipinski definition) is 3. The number of benzene rings is 1. The molecule has 1 aromatic rings. The molecular weight excluding hydrogens is 180 g/mol. The third kappa shape index (κ3) is 2.25. The first kappa shape index (κ1) is 10.6. The van der Waals surface area contributed by atoms with Gasteiger partial charge in [-0.3, -0.25) is 0 Å². The van der Waals surface area contributed by atoms with Gasteiger partial charge in [-0.1, -0.05) is 6.07 Å². The summed E-state index contributed by atoms with van der Waals surface area (Å²) in [5, 5.41) is 0. The highest BCUT2D eigenvalue weighted by Gasteiger charge is 2.08. The van der Waals surface area contributed by atoms with Crippen LogP contribution in [0.2, 0.25) is 0 Å². The minimum atomic E-state index is -0.314. The molecule has 0 radical (unpaired) electrons. The molecule has 0 N–H and O–H groups in total. The first-order valence-electron chi connectivity index (χ1n) is 4.50. The zero-order valence-electron chi connectivity index (χ0n) is 8.66. The molecule has 0 saturated heterocycles. The smallest absolute Gasteiger partial charge is 0.338 e. The predicted octanol–water partition coefficient (Wildman–Crippen LogP) is 2.18. The van der Waals surface area contributed by atoms with Gasteiger partial charge in [0, 0.05) is 0 Å². The summed E-state index contributed by atoms with van der Waals surface area (Å²) in [5.74, 6) is 0.390. The lowest BCUT2D eigenvalue weighted by atomic mass is 10.1. The molecule has 0 saturated carbocycles. The van der Waals surface area contributed by atoms with Gasteiger partial charge in [-0.2, -0.15) is 0 Å². The molecule has 14 heavy (non-hydrogen) atoms. The Labute approximate surface area is 83.6 Å². The molecule has 0 atom stereocenters. The van der Waals surface area contributed by atoms with E-state index in [1.165, 1.54) is 0 Å². The van der Waals surface area contributed by atoms with Crippen molar-refractivity contribution in [3.05, 3.63) is 29.3 Å². The van der Waals surface area contributed by atoms with Crippen LogP contribution in [0.15, 0.2) is 18.2 Å². The van der Waals surface area contributed by atoms with E-state index in [2.05, 4.69) is 0 Å². The van der Waals surface area contributed by atoms with E-state index in [1.807, 2.05) is 13.0 Å². The van der Waals surface area contributed by atoms with Crippen molar-refractivity contribution < 1.29 is 14.3 Å². The predicted molar refractivity (Wildman–Crippen MR) is 53.7 cm³/mol. The van der Waals surface area contributed by atoms with Crippen LogP contribution in [-0.2, 0) is 4.74 Å². The van der Waals surface area contributed by atoms with Crippen LogP contribution in [0, 0.1) is 6.92 Å². The first-order chi connectivity index (χ1) is 6.69. The molecule has 0 aliphatic rings. The summed E-state index contributed by atoms with van der Waals surface area (Å²) in [6.45, 7) is 4.09. The second-order valence-electron chi connectivity index (χ2n) is 2.90. The molecule has 0 bridgehead atoms. The molecule has 0 spiro atoms. The monoisotopic (exact) mass is 194 g/mol. The maximum atomic E-state index is 11.3. The highest BCUT2D eigenvalue weighted by atomic mass is 16.5. The number of aryl methyl sites for hydroxylation is 1. The SMILES string of the molecule is CCOC(=O)c1ccc(C)c(OC)c1. The van der Waals surface area contributed by atoms with Crippen LogP contribution in [0.3, 0.4) is 0 Å². The van der Waals surface area contributed by atoms with Crippen molar-refractivity contribution in [3.8, 4) is 5.75 Å². The number of rotatable bonds is 3. The van der Waals surface area contributed by atoms with E-state index in [0.717, 1.165) is 5.56 Å². The second-order valence-corrected chi connectivity index (χ2v) is 2.90. The van der Waals surface area contributed by atoms with E-state index in [1.54, 1.807) is 26.2 Å². The fraction of sp³-hybridized carbons (Fsp3) is 0.364. The minimum Gasteiger partial charge on any atom is -0.496 e. The van der Waals surface area contributed by atoms with E-state index in [-0.39, 0.29) is 5.97 Å². The van der Waals surface area contributed by atoms with Gasteiger partial charge in [0.1, 0.15) is 5.75 Å². The average Bonchev–Trinajstić information content (AvgIpc) is 2.19. The number of hydrogen-bond donors (Lipinski definition) is 0. The van der Waals surface area contributed by atoms with Crippen LogP contribution >= 0.6 is 0 Å². The van der Waals surface area contributed by atoms with Gasteiger partial charge in [0.25, 0.3) is 0 Å². The molecule has 1 rings (SSSR count). The summed E-state index contributed by atoms with van der Waals surface area (Å²) in [6.07, 6.45) is 0. The van der Waals surface area contributed by atoms with Crippen molar-refractivity contribution in [2.75, 3.05) is 13.7 Å². The van der Waals surface area contributed by atoms with Crippen molar-refractivity contribution in [3.63, 3.8) is 0 Å². The number of methoxy groups -OCH3 is 1. The Hall–Kier alpha value is -1.51. The molecule has 0 fully saturated rings. The standard InChI is InChI=1S/C11H14O3/c1-4-14-11(12)9-6-5-8(2)10(7-9)13-3/h5-7H,4H2,1-3H3. The van der Waals surface area contributed by atoms with Crippen LogP contribution in [0.25, 0.3) is 0 Å². The van der Waals surface area contributed by atoms with Crippen molar-refractivity contribution in [2.24, 2.45) is 0 Å². The highest BCUT2D eigenvalue weighted by Crippen LogP contribution is 2.19. The molecule has 0 amide bonds. The Morgan fingerprint density at radius 1 is 1.43 bits per heavy atom. The van der Waals surface area contributed by atoms with Crippen molar-refractivity contribution in [2.45, 2.75) is 13.8 Å². The van der Waals surface area contributed by atoms with Crippen molar-refractivity contribution in [1.82, 2.24) is 0 Å². The summed E-state index contributed by atoms with van der Waals surface area (Å²) in [4.78, 5) is 11.3. The maximum Gasteiger partial charge on any atom is 0.338 e. The lowest BCUT2D eigenvalue weighted by molar-refractivity contribution is 0.0526. The Kier molecular flexibility index (Phi) is 3.51. The molecule has 0 aliphatic carbocycles. The normalized spacial score (nSPS) is 9.64. The largest absolute Gasteiger partial charge is 0.496 e. The Bertz CT molecular complexity index is 331. The molecule has 3 heteroatoms. The molecule has 76 valence electrons. The molecule has 3 nitrogen and oxygen atoms in total. The molecule has 0 aromatic heterocycles. The fourth-order valence-electron chi connectivity index (χ4n) is 1.16. The van der Waals surface area contributed by atoms with Crippen LogP contribution in [-0.4, -0.2) is 19.7 Å². The first-order valence-corrected chi connectivity index (χ1v) is 4.50. The third-order valence-corrected chi connectivity index (χ3v) is 1.92. The zero-order chi connectivity index (χ0) is 10.6. The average molecular weight is 194 g/mol. The number of ether oxygens (including phenoxy) is 2. The second kappa shape index (κ2) is 4.65. The lowest BCUT2D eigenvalue weighted by Crippen LogP contribution is -2.04. The van der Waals surface area contributed by atoms with E-state index in [0.29, 0.717) is 17.9 Å². The van der Waals surface area contributed by atoms with E-state index >= 15 is 0 Å². The van der Waals surface area contributed by atoms with Gasteiger partial charge >= 0.3 is 5.97 Å².